The molecule has 3 nitrogen and oxygen atoms in total. The Balaban J connectivity index is 1.98. The highest BCUT2D eigenvalue weighted by Crippen LogP contribution is 2.41. The van der Waals surface area contributed by atoms with Crippen LogP contribution in [0.1, 0.15) is 155 Å². The molecule has 0 spiro atoms. The summed E-state index contributed by atoms with van der Waals surface area (Å²) in [7, 11) is -1.31. The van der Waals surface area contributed by atoms with Crippen LogP contribution in [-0.2, 0) is 9.05 Å². The monoisotopic (exact) mass is 522 g/mol. The van der Waals surface area contributed by atoms with Crippen LogP contribution in [0.15, 0.2) is 30.3 Å². The molecule has 0 saturated carbocycles. The van der Waals surface area contributed by atoms with Gasteiger partial charge in [-0.1, -0.05) is 160 Å². The molecule has 0 aliphatic rings. The van der Waals surface area contributed by atoms with Crippen LogP contribution in [-0.4, -0.2) is 13.2 Å². The van der Waals surface area contributed by atoms with Crippen LogP contribution in [0.3, 0.4) is 0 Å². The molecule has 0 fully saturated rings. The fourth-order valence-corrected chi connectivity index (χ4v) is 5.50. The number of benzene rings is 1. The van der Waals surface area contributed by atoms with Crippen molar-refractivity contribution < 1.29 is 13.6 Å². The Morgan fingerprint density at radius 3 is 1.14 bits per heavy atom. The van der Waals surface area contributed by atoms with E-state index in [2.05, 4.69) is 13.8 Å². The third kappa shape index (κ3) is 22.6. The van der Waals surface area contributed by atoms with E-state index in [1.165, 1.54) is 128 Å². The summed E-state index contributed by atoms with van der Waals surface area (Å²) in [4.78, 5) is 0. The molecule has 0 N–H and O–H groups in total. The van der Waals surface area contributed by atoms with Crippen LogP contribution < -0.4 is 4.52 Å². The van der Waals surface area contributed by atoms with Gasteiger partial charge >= 0.3 is 8.60 Å². The number of rotatable bonds is 28. The number of hydrogen-bond donors (Lipinski definition) is 0. The molecular formula is C32H59O3P. The lowest BCUT2D eigenvalue weighted by Gasteiger charge is -2.17. The van der Waals surface area contributed by atoms with Crippen LogP contribution in [0.2, 0.25) is 0 Å². The second-order valence-electron chi connectivity index (χ2n) is 10.4. The zero-order valence-corrected chi connectivity index (χ0v) is 24.9. The lowest BCUT2D eigenvalue weighted by molar-refractivity contribution is 0.198. The zero-order valence-electron chi connectivity index (χ0n) is 24.0. The molecule has 0 bridgehead atoms. The molecule has 0 saturated heterocycles. The highest BCUT2D eigenvalue weighted by atomic mass is 31.2. The number of hydrogen-bond acceptors (Lipinski definition) is 3. The van der Waals surface area contributed by atoms with E-state index in [-0.39, 0.29) is 0 Å². The smallest absolute Gasteiger partial charge is 0.397 e. The quantitative estimate of drug-likeness (QED) is 0.0809. The van der Waals surface area contributed by atoms with E-state index >= 15 is 0 Å². The first-order valence-corrected chi connectivity index (χ1v) is 16.7. The zero-order chi connectivity index (χ0) is 25.8. The Hall–Kier alpha value is -0.630. The average Bonchev–Trinajstić information content (AvgIpc) is 2.90. The molecule has 0 heterocycles. The van der Waals surface area contributed by atoms with E-state index in [1.807, 2.05) is 30.3 Å². The predicted octanol–water partition coefficient (Wildman–Crippen LogP) is 11.9. The van der Waals surface area contributed by atoms with Crippen LogP contribution in [0.4, 0.5) is 0 Å². The van der Waals surface area contributed by atoms with Crippen molar-refractivity contribution >= 4 is 8.60 Å². The van der Waals surface area contributed by atoms with Gasteiger partial charge in [-0.15, -0.1) is 0 Å². The lowest BCUT2D eigenvalue weighted by Crippen LogP contribution is -2.01. The normalized spacial score (nSPS) is 12.2. The Kier molecular flexibility index (Phi) is 25.4. The molecule has 210 valence electrons. The average molecular weight is 523 g/mol. The molecule has 0 aliphatic heterocycles. The minimum absolute atomic E-state index is 0.726. The molecule has 36 heavy (non-hydrogen) atoms. The van der Waals surface area contributed by atoms with Crippen LogP contribution in [0.25, 0.3) is 0 Å². The van der Waals surface area contributed by atoms with Gasteiger partial charge in [0.2, 0.25) is 0 Å². The van der Waals surface area contributed by atoms with Crippen LogP contribution in [0, 0.1) is 0 Å². The van der Waals surface area contributed by atoms with Gasteiger partial charge in [0.1, 0.15) is 5.75 Å². The minimum Gasteiger partial charge on any atom is -0.427 e. The molecule has 1 aromatic rings. The van der Waals surface area contributed by atoms with Crippen molar-refractivity contribution in [3.8, 4) is 5.75 Å². The SMILES string of the molecule is CCCCCCCCCCCCCCCCCCOP(OCCCCCCCC)Oc1ccccc1. The Morgan fingerprint density at radius 1 is 0.444 bits per heavy atom. The maximum atomic E-state index is 6.03. The fraction of sp³-hybridized carbons (Fsp3) is 0.812. The van der Waals surface area contributed by atoms with Gasteiger partial charge in [-0.05, 0) is 25.0 Å². The Bertz CT molecular complexity index is 539. The molecular weight excluding hydrogens is 463 g/mol. The summed E-state index contributed by atoms with van der Waals surface area (Å²) in [5, 5.41) is 0. The highest BCUT2D eigenvalue weighted by Gasteiger charge is 2.14. The second kappa shape index (κ2) is 27.4. The molecule has 1 aromatic carbocycles. The van der Waals surface area contributed by atoms with Gasteiger partial charge in [0.15, 0.2) is 0 Å². The number of para-hydroxylation sites is 1. The second-order valence-corrected chi connectivity index (χ2v) is 11.5. The molecule has 0 aromatic heterocycles. The van der Waals surface area contributed by atoms with E-state index in [4.69, 9.17) is 13.6 Å². The number of unbranched alkanes of at least 4 members (excludes halogenated alkanes) is 20. The maximum Gasteiger partial charge on any atom is 0.397 e. The van der Waals surface area contributed by atoms with Crippen LogP contribution in [0.5, 0.6) is 5.75 Å². The van der Waals surface area contributed by atoms with E-state index in [0.717, 1.165) is 31.8 Å². The van der Waals surface area contributed by atoms with E-state index in [0.29, 0.717) is 0 Å². The molecule has 0 aliphatic carbocycles. The van der Waals surface area contributed by atoms with E-state index in [1.54, 1.807) is 0 Å². The third-order valence-corrected chi connectivity index (χ3v) is 7.96. The molecule has 0 amide bonds. The van der Waals surface area contributed by atoms with E-state index < -0.39 is 8.60 Å². The first-order valence-electron chi connectivity index (χ1n) is 15.7. The topological polar surface area (TPSA) is 27.7 Å². The van der Waals surface area contributed by atoms with Gasteiger partial charge in [0.05, 0.1) is 13.2 Å². The van der Waals surface area contributed by atoms with Crippen molar-refractivity contribution in [2.24, 2.45) is 0 Å². The Morgan fingerprint density at radius 2 is 0.778 bits per heavy atom. The minimum atomic E-state index is -1.31. The molecule has 1 unspecified atom stereocenters. The van der Waals surface area contributed by atoms with Crippen molar-refractivity contribution in [3.05, 3.63) is 30.3 Å². The van der Waals surface area contributed by atoms with Gasteiger partial charge in [0, 0.05) is 0 Å². The first kappa shape index (κ1) is 33.4. The molecule has 1 atom stereocenters. The summed E-state index contributed by atoms with van der Waals surface area (Å²) in [5.41, 5.74) is 0. The van der Waals surface area contributed by atoms with Gasteiger partial charge in [-0.25, -0.2) is 0 Å². The molecule has 4 heteroatoms. The summed E-state index contributed by atoms with van der Waals surface area (Å²) >= 11 is 0. The summed E-state index contributed by atoms with van der Waals surface area (Å²) in [5.74, 6) is 0.832. The Labute approximate surface area is 226 Å². The summed E-state index contributed by atoms with van der Waals surface area (Å²) in [6.07, 6.45) is 29.7. The standard InChI is InChI=1S/C32H59O3P/c1-3-5-7-9-11-12-13-14-15-16-17-18-19-20-22-27-31-34-36(35-32-28-24-23-25-29-32)33-30-26-21-10-8-6-4-2/h23-25,28-29H,3-22,26-27,30-31H2,1-2H3. The van der Waals surface area contributed by atoms with Crippen molar-refractivity contribution in [1.82, 2.24) is 0 Å². The lowest BCUT2D eigenvalue weighted by atomic mass is 10.0. The van der Waals surface area contributed by atoms with Crippen molar-refractivity contribution in [1.29, 1.82) is 0 Å². The first-order chi connectivity index (χ1) is 17.9. The molecule has 1 rings (SSSR count). The summed E-state index contributed by atoms with van der Waals surface area (Å²) in [6, 6.07) is 9.94. The predicted molar refractivity (Wildman–Crippen MR) is 159 cm³/mol. The van der Waals surface area contributed by atoms with Gasteiger partial charge < -0.3 is 13.6 Å². The van der Waals surface area contributed by atoms with Crippen molar-refractivity contribution in [3.63, 3.8) is 0 Å². The summed E-state index contributed by atoms with van der Waals surface area (Å²) in [6.45, 7) is 6.01. The largest absolute Gasteiger partial charge is 0.427 e. The summed E-state index contributed by atoms with van der Waals surface area (Å²) < 4.78 is 18.0. The fourth-order valence-electron chi connectivity index (χ4n) is 4.47. The van der Waals surface area contributed by atoms with Gasteiger partial charge in [0.25, 0.3) is 0 Å². The van der Waals surface area contributed by atoms with Gasteiger partial charge in [-0.3, -0.25) is 0 Å². The van der Waals surface area contributed by atoms with Crippen molar-refractivity contribution in [2.45, 2.75) is 155 Å². The highest BCUT2D eigenvalue weighted by molar-refractivity contribution is 7.42. The van der Waals surface area contributed by atoms with Crippen molar-refractivity contribution in [2.75, 3.05) is 13.2 Å². The van der Waals surface area contributed by atoms with E-state index in [9.17, 15) is 0 Å². The molecule has 0 radical (unpaired) electrons. The van der Waals surface area contributed by atoms with Crippen LogP contribution >= 0.6 is 8.60 Å². The van der Waals surface area contributed by atoms with Gasteiger partial charge in [-0.2, -0.15) is 0 Å². The maximum absolute atomic E-state index is 6.03. The third-order valence-electron chi connectivity index (χ3n) is 6.81.